The fourth-order valence-corrected chi connectivity index (χ4v) is 5.68. The van der Waals surface area contributed by atoms with Gasteiger partial charge in [-0.15, -0.1) is 11.6 Å². The highest BCUT2D eigenvalue weighted by Gasteiger charge is 2.55. The van der Waals surface area contributed by atoms with Crippen LogP contribution < -0.4 is 0 Å². The molecular weight excluding hydrogens is 294 g/mol. The van der Waals surface area contributed by atoms with Crippen LogP contribution in [0.2, 0.25) is 0 Å². The van der Waals surface area contributed by atoms with Gasteiger partial charge >= 0.3 is 0 Å². The summed E-state index contributed by atoms with van der Waals surface area (Å²) in [6.45, 7) is 3.28. The van der Waals surface area contributed by atoms with E-state index < -0.39 is 0 Å². The van der Waals surface area contributed by atoms with Crippen LogP contribution in [0.5, 0.6) is 0 Å². The van der Waals surface area contributed by atoms with Crippen molar-refractivity contribution >= 4 is 17.4 Å². The molecule has 0 aromatic carbocycles. The van der Waals surface area contributed by atoms with Gasteiger partial charge in [0.05, 0.1) is 0 Å². The maximum atomic E-state index is 12.8. The molecule has 0 unspecified atom stereocenters. The lowest BCUT2D eigenvalue weighted by molar-refractivity contribution is -0.149. The van der Waals surface area contributed by atoms with Gasteiger partial charge in [-0.3, -0.25) is 9.69 Å². The monoisotopic (exact) mass is 325 g/mol. The minimum Gasteiger partial charge on any atom is -0.299 e. The quantitative estimate of drug-likeness (QED) is 0.527. The second-order valence-electron chi connectivity index (χ2n) is 7.86. The number of ketones is 1. The van der Waals surface area contributed by atoms with Gasteiger partial charge in [-0.05, 0) is 32.1 Å². The van der Waals surface area contributed by atoms with Gasteiger partial charge in [-0.1, -0.05) is 45.4 Å². The number of carbonyl (C=O) groups excluding carboxylic acids is 1. The van der Waals surface area contributed by atoms with Crippen molar-refractivity contribution in [2.75, 3.05) is 6.54 Å². The molecule has 0 radical (unpaired) electrons. The molecule has 3 rings (SSSR count). The summed E-state index contributed by atoms with van der Waals surface area (Å²) in [7, 11) is 0. The second kappa shape index (κ2) is 7.21. The van der Waals surface area contributed by atoms with Crippen molar-refractivity contribution in [2.24, 2.45) is 5.92 Å². The number of piperidine rings is 2. The number of carbonyl (C=O) groups is 1. The number of halogens is 1. The molecule has 2 nitrogen and oxygen atoms in total. The lowest BCUT2D eigenvalue weighted by atomic mass is 9.62. The molecule has 126 valence electrons. The highest BCUT2D eigenvalue weighted by molar-refractivity contribution is 6.20. The molecular formula is C19H32ClNO. The minimum absolute atomic E-state index is 0.189. The molecule has 3 aliphatic rings. The van der Waals surface area contributed by atoms with Crippen molar-refractivity contribution in [1.82, 2.24) is 4.90 Å². The molecule has 3 heteroatoms. The zero-order valence-electron chi connectivity index (χ0n) is 14.2. The van der Waals surface area contributed by atoms with Gasteiger partial charge in [-0.25, -0.2) is 0 Å². The van der Waals surface area contributed by atoms with E-state index in [1.54, 1.807) is 0 Å². The highest BCUT2D eigenvalue weighted by atomic mass is 35.5. The normalized spacial score (nSPS) is 39.4. The average molecular weight is 326 g/mol. The molecule has 2 saturated heterocycles. The predicted molar refractivity (Wildman–Crippen MR) is 92.4 cm³/mol. The molecule has 1 spiro atoms. The van der Waals surface area contributed by atoms with E-state index in [0.29, 0.717) is 23.1 Å². The maximum absolute atomic E-state index is 12.8. The van der Waals surface area contributed by atoms with Crippen molar-refractivity contribution in [3.63, 3.8) is 0 Å². The van der Waals surface area contributed by atoms with E-state index in [2.05, 4.69) is 11.8 Å². The van der Waals surface area contributed by atoms with Gasteiger partial charge in [0.15, 0.2) is 0 Å². The van der Waals surface area contributed by atoms with Crippen LogP contribution in [0.15, 0.2) is 0 Å². The Kier molecular flexibility index (Phi) is 5.50. The van der Waals surface area contributed by atoms with E-state index >= 15 is 0 Å². The van der Waals surface area contributed by atoms with Gasteiger partial charge in [0, 0.05) is 35.8 Å². The molecule has 0 aromatic rings. The van der Waals surface area contributed by atoms with Crippen LogP contribution in [-0.2, 0) is 4.79 Å². The number of hydrogen-bond acceptors (Lipinski definition) is 2. The van der Waals surface area contributed by atoms with E-state index in [9.17, 15) is 4.79 Å². The topological polar surface area (TPSA) is 20.3 Å². The first kappa shape index (κ1) is 16.8. The summed E-state index contributed by atoms with van der Waals surface area (Å²) in [6, 6.07) is 0.472. The van der Waals surface area contributed by atoms with Crippen LogP contribution in [-0.4, -0.2) is 34.2 Å². The van der Waals surface area contributed by atoms with Crippen molar-refractivity contribution in [1.29, 1.82) is 0 Å². The number of unbranched alkanes of at least 4 members (excludes halogenated alkanes) is 3. The van der Waals surface area contributed by atoms with Crippen LogP contribution >= 0.6 is 11.6 Å². The molecule has 2 aliphatic heterocycles. The lowest BCUT2D eigenvalue weighted by Gasteiger charge is -2.60. The van der Waals surface area contributed by atoms with Crippen molar-refractivity contribution < 1.29 is 4.79 Å². The van der Waals surface area contributed by atoms with Crippen LogP contribution in [0, 0.1) is 5.92 Å². The Balaban J connectivity index is 1.75. The molecule has 1 aliphatic carbocycles. The number of Topliss-reactive ketones (excluding diaryl/α,β-unsaturated/α-hetero) is 1. The van der Waals surface area contributed by atoms with Crippen LogP contribution in [0.25, 0.3) is 0 Å². The van der Waals surface area contributed by atoms with Crippen molar-refractivity contribution in [2.45, 2.75) is 101 Å². The molecule has 2 heterocycles. The van der Waals surface area contributed by atoms with Gasteiger partial charge in [0.25, 0.3) is 0 Å². The first-order valence-corrected chi connectivity index (χ1v) is 10.0. The third-order valence-electron chi connectivity index (χ3n) is 6.52. The van der Waals surface area contributed by atoms with E-state index in [4.69, 9.17) is 11.6 Å². The number of nitrogens with zero attached hydrogens (tertiary/aromatic N) is 1. The predicted octanol–water partition coefficient (Wildman–Crippen LogP) is 4.93. The zero-order chi connectivity index (χ0) is 15.6. The van der Waals surface area contributed by atoms with E-state index in [1.165, 1.54) is 51.4 Å². The Bertz CT molecular complexity index is 399. The summed E-state index contributed by atoms with van der Waals surface area (Å²) in [5.74, 6) is 0.891. The Morgan fingerprint density at radius 2 is 2.05 bits per heavy atom. The fourth-order valence-electron chi connectivity index (χ4n) is 5.42. The van der Waals surface area contributed by atoms with Gasteiger partial charge in [-0.2, -0.15) is 0 Å². The molecule has 0 N–H and O–H groups in total. The Morgan fingerprint density at radius 1 is 1.18 bits per heavy atom. The highest BCUT2D eigenvalue weighted by Crippen LogP contribution is 2.50. The third kappa shape index (κ3) is 3.11. The molecule has 22 heavy (non-hydrogen) atoms. The average Bonchev–Trinajstić information content (AvgIpc) is 2.53. The zero-order valence-corrected chi connectivity index (χ0v) is 14.9. The van der Waals surface area contributed by atoms with Gasteiger partial charge in [0.1, 0.15) is 5.78 Å². The van der Waals surface area contributed by atoms with Crippen LogP contribution in [0.1, 0.15) is 84.0 Å². The van der Waals surface area contributed by atoms with E-state index in [0.717, 1.165) is 32.2 Å². The first-order valence-electron chi connectivity index (χ1n) is 9.61. The van der Waals surface area contributed by atoms with Crippen molar-refractivity contribution in [3.05, 3.63) is 0 Å². The van der Waals surface area contributed by atoms with E-state index in [-0.39, 0.29) is 5.54 Å². The molecule has 0 amide bonds. The van der Waals surface area contributed by atoms with Crippen LogP contribution in [0.4, 0.5) is 0 Å². The lowest BCUT2D eigenvalue weighted by Crippen LogP contribution is -2.68. The molecule has 0 bridgehead atoms. The van der Waals surface area contributed by atoms with E-state index in [1.807, 2.05) is 0 Å². The Hall–Kier alpha value is -0.0800. The second-order valence-corrected chi connectivity index (χ2v) is 8.48. The summed E-state index contributed by atoms with van der Waals surface area (Å²) >= 11 is 6.52. The number of rotatable bonds is 5. The Morgan fingerprint density at radius 3 is 2.86 bits per heavy atom. The Labute approximate surface area is 141 Å². The summed E-state index contributed by atoms with van der Waals surface area (Å²) in [5.41, 5.74) is 0.189. The summed E-state index contributed by atoms with van der Waals surface area (Å²) in [6.07, 6.45) is 14.4. The van der Waals surface area contributed by atoms with Crippen LogP contribution in [0.3, 0.4) is 0 Å². The smallest absolute Gasteiger partial charge is 0.139 e. The number of alkyl halides is 1. The molecule has 0 aromatic heterocycles. The number of hydrogen-bond donors (Lipinski definition) is 0. The summed E-state index contributed by atoms with van der Waals surface area (Å²) in [5, 5.41) is 0.291. The third-order valence-corrected chi connectivity index (χ3v) is 6.87. The fraction of sp³-hybridized carbons (Fsp3) is 0.947. The molecule has 4 atom stereocenters. The first-order chi connectivity index (χ1) is 10.7. The van der Waals surface area contributed by atoms with Gasteiger partial charge in [0.2, 0.25) is 0 Å². The summed E-state index contributed by atoms with van der Waals surface area (Å²) in [4.78, 5) is 15.5. The van der Waals surface area contributed by atoms with Gasteiger partial charge < -0.3 is 0 Å². The standard InChI is InChI=1S/C19H32ClNO/c1-2-3-4-5-8-16-13-18(22)17-9-6-7-11-19(17)12-10-15(20)14-21(16)19/h15-17H,2-14H2,1H3/t15-,16-,17-,19+/m1/s1. The molecule has 1 saturated carbocycles. The SMILES string of the molecule is CCCCCC[C@@H]1CC(=O)[C@H]2CCCC[C@]23CC[C@@H](Cl)CN13. The minimum atomic E-state index is 0.189. The molecule has 3 fully saturated rings. The maximum Gasteiger partial charge on any atom is 0.139 e. The largest absolute Gasteiger partial charge is 0.299 e. The summed E-state index contributed by atoms with van der Waals surface area (Å²) < 4.78 is 0. The van der Waals surface area contributed by atoms with Crippen molar-refractivity contribution in [3.8, 4) is 0 Å².